The maximum Gasteiger partial charge on any atom is 0.112 e. The maximum absolute atomic E-state index is 8.82. The third-order valence-electron chi connectivity index (χ3n) is 4.12. The second kappa shape index (κ2) is 8.44. The van der Waals surface area contributed by atoms with Crippen molar-refractivity contribution < 1.29 is 9.47 Å². The fraction of sp³-hybridized carbons (Fsp3) is 0.625. The Bertz CT molecular complexity index is 507. The predicted octanol–water partition coefficient (Wildman–Crippen LogP) is 4.38. The Morgan fingerprint density at radius 3 is 2.68 bits per heavy atom. The van der Waals surface area contributed by atoms with Crippen LogP contribution in [0.2, 0.25) is 0 Å². The molecule has 0 aliphatic carbocycles. The van der Waals surface area contributed by atoms with E-state index in [0.717, 1.165) is 12.0 Å². The van der Waals surface area contributed by atoms with E-state index in [4.69, 9.17) is 15.0 Å². The van der Waals surface area contributed by atoms with Crippen molar-refractivity contribution in [2.75, 3.05) is 6.26 Å². The summed E-state index contributed by atoms with van der Waals surface area (Å²) in [6.45, 7) is 4.73. The zero-order valence-corrected chi connectivity index (χ0v) is 14.1. The molecule has 1 fully saturated rings. The molecule has 0 spiro atoms. The average molecular weight is 321 g/mol. The molecule has 0 saturated carbocycles. The molecule has 22 heavy (non-hydrogen) atoms. The first-order valence-corrected chi connectivity index (χ1v) is 8.88. The van der Waals surface area contributed by atoms with Crippen LogP contribution in [0.25, 0.3) is 10.4 Å². The molecule has 6 heteroatoms. The molecule has 0 bridgehead atoms. The highest BCUT2D eigenvalue weighted by molar-refractivity contribution is 7.99. The van der Waals surface area contributed by atoms with Crippen LogP contribution < -0.4 is 0 Å². The lowest BCUT2D eigenvalue weighted by Crippen LogP contribution is -2.51. The van der Waals surface area contributed by atoms with Gasteiger partial charge in [0.15, 0.2) is 0 Å². The minimum absolute atomic E-state index is 0.0290. The van der Waals surface area contributed by atoms with Crippen LogP contribution in [-0.2, 0) is 16.1 Å². The number of hydrogen-bond acceptors (Lipinski definition) is 4. The van der Waals surface area contributed by atoms with E-state index in [9.17, 15) is 0 Å². The van der Waals surface area contributed by atoms with Crippen LogP contribution in [-0.4, -0.2) is 29.9 Å². The fourth-order valence-electron chi connectivity index (χ4n) is 2.88. The Balaban J connectivity index is 2.10. The Labute approximate surface area is 136 Å². The van der Waals surface area contributed by atoms with Crippen molar-refractivity contribution >= 4 is 11.8 Å². The molecule has 1 saturated heterocycles. The number of hydrogen-bond donors (Lipinski definition) is 0. The average Bonchev–Trinajstić information content (AvgIpc) is 2.56. The highest BCUT2D eigenvalue weighted by Gasteiger charge is 2.42. The number of benzene rings is 1. The van der Waals surface area contributed by atoms with Gasteiger partial charge in [0.2, 0.25) is 0 Å². The van der Waals surface area contributed by atoms with Gasteiger partial charge in [-0.2, -0.15) is 0 Å². The van der Waals surface area contributed by atoms with E-state index in [1.807, 2.05) is 36.6 Å². The molecule has 2 unspecified atom stereocenters. The molecule has 1 aliphatic rings. The number of azide groups is 1. The SMILES string of the molecule is CCC1OC(SC)[C@H](N=[N+]=[N-])[C@@H](C)[C@H]1OCc1ccccc1. The first-order chi connectivity index (χ1) is 10.7. The van der Waals surface area contributed by atoms with E-state index in [0.29, 0.717) is 6.61 Å². The molecule has 1 heterocycles. The van der Waals surface area contributed by atoms with Crippen LogP contribution in [0.15, 0.2) is 35.4 Å². The van der Waals surface area contributed by atoms with Gasteiger partial charge in [-0.25, -0.2) is 0 Å². The van der Waals surface area contributed by atoms with Gasteiger partial charge in [-0.15, -0.1) is 11.8 Å². The van der Waals surface area contributed by atoms with Crippen molar-refractivity contribution in [3.05, 3.63) is 46.3 Å². The highest BCUT2D eigenvalue weighted by atomic mass is 32.2. The van der Waals surface area contributed by atoms with E-state index >= 15 is 0 Å². The second-order valence-electron chi connectivity index (χ2n) is 5.50. The summed E-state index contributed by atoms with van der Waals surface area (Å²) in [5.74, 6) is 0.121. The summed E-state index contributed by atoms with van der Waals surface area (Å²) in [6.07, 6.45) is 2.82. The van der Waals surface area contributed by atoms with E-state index in [-0.39, 0.29) is 29.6 Å². The van der Waals surface area contributed by atoms with E-state index in [1.165, 1.54) is 0 Å². The molecule has 0 amide bonds. The third-order valence-corrected chi connectivity index (χ3v) is 4.97. The van der Waals surface area contributed by atoms with Crippen LogP contribution >= 0.6 is 11.8 Å². The lowest BCUT2D eigenvalue weighted by atomic mass is 9.89. The molecule has 5 nitrogen and oxygen atoms in total. The van der Waals surface area contributed by atoms with Gasteiger partial charge in [-0.3, -0.25) is 0 Å². The van der Waals surface area contributed by atoms with Gasteiger partial charge < -0.3 is 9.47 Å². The molecule has 120 valence electrons. The lowest BCUT2D eigenvalue weighted by Gasteiger charge is -2.43. The van der Waals surface area contributed by atoms with Crippen LogP contribution in [0, 0.1) is 5.92 Å². The summed E-state index contributed by atoms with van der Waals surface area (Å²) < 4.78 is 12.2. The molecule has 0 N–H and O–H groups in total. The quantitative estimate of drug-likeness (QED) is 0.443. The smallest absolute Gasteiger partial charge is 0.112 e. The summed E-state index contributed by atoms with van der Waals surface area (Å²) in [4.78, 5) is 2.99. The van der Waals surface area contributed by atoms with Crippen LogP contribution in [0.4, 0.5) is 0 Å². The molecule has 1 aromatic carbocycles. The van der Waals surface area contributed by atoms with Gasteiger partial charge in [0, 0.05) is 4.91 Å². The first-order valence-electron chi connectivity index (χ1n) is 7.59. The maximum atomic E-state index is 8.82. The van der Waals surface area contributed by atoms with E-state index in [2.05, 4.69) is 23.9 Å². The van der Waals surface area contributed by atoms with Gasteiger partial charge in [0.05, 0.1) is 24.9 Å². The largest absolute Gasteiger partial charge is 0.371 e. The van der Waals surface area contributed by atoms with Gasteiger partial charge in [-0.1, -0.05) is 49.3 Å². The summed E-state index contributed by atoms with van der Waals surface area (Å²) in [7, 11) is 0. The number of thioether (sulfide) groups is 1. The zero-order chi connectivity index (χ0) is 15.9. The molecule has 0 radical (unpaired) electrons. The van der Waals surface area contributed by atoms with Crippen molar-refractivity contribution in [3.63, 3.8) is 0 Å². The molecule has 2 rings (SSSR count). The third kappa shape index (κ3) is 3.96. The minimum Gasteiger partial charge on any atom is -0.371 e. The van der Waals surface area contributed by atoms with Crippen molar-refractivity contribution in [2.24, 2.45) is 11.0 Å². The van der Waals surface area contributed by atoms with Crippen molar-refractivity contribution in [3.8, 4) is 0 Å². The van der Waals surface area contributed by atoms with Gasteiger partial charge in [0.1, 0.15) is 5.44 Å². The van der Waals surface area contributed by atoms with Crippen molar-refractivity contribution in [2.45, 2.75) is 50.6 Å². The standard InChI is InChI=1S/C16H23N3O2S/c1-4-13-15(20-10-12-8-6-5-7-9-12)11(2)14(18-19-17)16(21-13)22-3/h5-9,11,13-16H,4,10H2,1-3H3/t11-,13?,14-,15-,16?/m1/s1. The van der Waals surface area contributed by atoms with Gasteiger partial charge in [-0.05, 0) is 29.7 Å². The Morgan fingerprint density at radius 2 is 2.09 bits per heavy atom. The molecular weight excluding hydrogens is 298 g/mol. The Morgan fingerprint density at radius 1 is 1.36 bits per heavy atom. The monoisotopic (exact) mass is 321 g/mol. The summed E-state index contributed by atoms with van der Waals surface area (Å²) >= 11 is 1.59. The zero-order valence-electron chi connectivity index (χ0n) is 13.3. The first kappa shape index (κ1) is 17.2. The number of ether oxygens (including phenoxy) is 2. The summed E-state index contributed by atoms with van der Waals surface area (Å²) in [6, 6.07) is 9.89. The van der Waals surface area contributed by atoms with Crippen LogP contribution in [0.3, 0.4) is 0 Å². The summed E-state index contributed by atoms with van der Waals surface area (Å²) in [5.41, 5.74) is 9.85. The minimum atomic E-state index is -0.205. The van der Waals surface area contributed by atoms with Crippen LogP contribution in [0.5, 0.6) is 0 Å². The Hall–Kier alpha value is -1.20. The fourth-order valence-corrected chi connectivity index (χ4v) is 3.71. The topological polar surface area (TPSA) is 67.2 Å². The molecule has 0 aromatic heterocycles. The Kier molecular flexibility index (Phi) is 6.58. The second-order valence-corrected chi connectivity index (χ2v) is 6.44. The molecule has 1 aromatic rings. The van der Waals surface area contributed by atoms with Gasteiger partial charge in [0.25, 0.3) is 0 Å². The van der Waals surface area contributed by atoms with E-state index in [1.54, 1.807) is 11.8 Å². The number of nitrogens with zero attached hydrogens (tertiary/aromatic N) is 3. The molecular formula is C16H23N3O2S. The number of rotatable bonds is 6. The van der Waals surface area contributed by atoms with Crippen molar-refractivity contribution in [1.29, 1.82) is 0 Å². The summed E-state index contributed by atoms with van der Waals surface area (Å²) in [5, 5.41) is 3.95. The van der Waals surface area contributed by atoms with E-state index < -0.39 is 0 Å². The lowest BCUT2D eigenvalue weighted by molar-refractivity contribution is -0.153. The van der Waals surface area contributed by atoms with Crippen LogP contribution in [0.1, 0.15) is 25.8 Å². The molecule has 5 atom stereocenters. The van der Waals surface area contributed by atoms with Crippen molar-refractivity contribution in [1.82, 2.24) is 0 Å². The van der Waals surface area contributed by atoms with Gasteiger partial charge >= 0.3 is 0 Å². The highest BCUT2D eigenvalue weighted by Crippen LogP contribution is 2.36. The normalized spacial score (nSPS) is 31.5. The predicted molar refractivity (Wildman–Crippen MR) is 89.6 cm³/mol. The molecule has 1 aliphatic heterocycles.